The Morgan fingerprint density at radius 3 is 2.32 bits per heavy atom. The van der Waals surface area contributed by atoms with Crippen molar-refractivity contribution in [2.45, 2.75) is 64.6 Å². The lowest BCUT2D eigenvalue weighted by atomic mass is 9.89. The lowest BCUT2D eigenvalue weighted by Gasteiger charge is -2.33. The van der Waals surface area contributed by atoms with E-state index in [1.807, 2.05) is 37.8 Å². The summed E-state index contributed by atoms with van der Waals surface area (Å²) in [6, 6.07) is 14.9. The SMILES string of the molecule is COC(=O)c1ccc2c(c1)CCN(Cc1ccc(C3CCN(C(=O)OC(C)(C)C)CC3)cc1)C2. The number of rotatable bonds is 4. The molecule has 2 aromatic carbocycles. The zero-order valence-electron chi connectivity index (χ0n) is 20.8. The van der Waals surface area contributed by atoms with E-state index in [1.54, 1.807) is 0 Å². The van der Waals surface area contributed by atoms with Gasteiger partial charge < -0.3 is 14.4 Å². The van der Waals surface area contributed by atoms with E-state index in [0.717, 1.165) is 52.0 Å². The molecule has 1 amide bonds. The average Bonchev–Trinajstić information content (AvgIpc) is 2.83. The van der Waals surface area contributed by atoms with Crippen molar-refractivity contribution in [2.24, 2.45) is 0 Å². The monoisotopic (exact) mass is 464 g/mol. The van der Waals surface area contributed by atoms with Crippen LogP contribution in [0.25, 0.3) is 0 Å². The Bertz CT molecular complexity index is 1020. The molecule has 0 radical (unpaired) electrons. The third-order valence-corrected chi connectivity index (χ3v) is 6.72. The van der Waals surface area contributed by atoms with Crippen molar-refractivity contribution in [3.05, 3.63) is 70.3 Å². The number of fused-ring (bicyclic) bond motifs is 1. The number of nitrogens with zero attached hydrogens (tertiary/aromatic N) is 2. The Labute approximate surface area is 202 Å². The molecule has 0 aromatic heterocycles. The van der Waals surface area contributed by atoms with Gasteiger partial charge in [-0.1, -0.05) is 30.3 Å². The number of benzene rings is 2. The third kappa shape index (κ3) is 5.98. The minimum absolute atomic E-state index is 0.203. The number of hydrogen-bond donors (Lipinski definition) is 0. The van der Waals surface area contributed by atoms with Crippen molar-refractivity contribution in [2.75, 3.05) is 26.7 Å². The maximum atomic E-state index is 12.3. The minimum atomic E-state index is -0.452. The summed E-state index contributed by atoms with van der Waals surface area (Å²) in [7, 11) is 1.42. The second-order valence-corrected chi connectivity index (χ2v) is 10.4. The first-order valence-electron chi connectivity index (χ1n) is 12.2. The maximum absolute atomic E-state index is 12.3. The highest BCUT2D eigenvalue weighted by atomic mass is 16.6. The third-order valence-electron chi connectivity index (χ3n) is 6.72. The van der Waals surface area contributed by atoms with Gasteiger partial charge in [-0.3, -0.25) is 4.90 Å². The summed E-state index contributed by atoms with van der Waals surface area (Å²) in [5, 5.41) is 0. The summed E-state index contributed by atoms with van der Waals surface area (Å²) in [6.07, 6.45) is 2.67. The maximum Gasteiger partial charge on any atom is 0.410 e. The largest absolute Gasteiger partial charge is 0.465 e. The summed E-state index contributed by atoms with van der Waals surface area (Å²) in [6.45, 7) is 9.98. The van der Waals surface area contributed by atoms with Crippen molar-refractivity contribution in [1.29, 1.82) is 0 Å². The predicted octanol–water partition coefficient (Wildman–Crippen LogP) is 5.15. The van der Waals surface area contributed by atoms with Gasteiger partial charge >= 0.3 is 12.1 Å². The highest BCUT2D eigenvalue weighted by Crippen LogP contribution is 2.29. The summed E-state index contributed by atoms with van der Waals surface area (Å²) in [4.78, 5) is 28.4. The Morgan fingerprint density at radius 1 is 0.971 bits per heavy atom. The molecule has 0 spiro atoms. The number of amides is 1. The molecule has 6 nitrogen and oxygen atoms in total. The standard InChI is InChI=1S/C28H36N2O4/c1-28(2,3)34-27(32)30-15-12-22(13-16-30)21-7-5-20(6-8-21)18-29-14-11-23-17-24(26(31)33-4)9-10-25(23)19-29/h5-10,17,22H,11-16,18-19H2,1-4H3. The van der Waals surface area contributed by atoms with Gasteiger partial charge in [-0.05, 0) is 80.3 Å². The van der Waals surface area contributed by atoms with E-state index < -0.39 is 5.60 Å². The van der Waals surface area contributed by atoms with E-state index in [0.29, 0.717) is 11.5 Å². The zero-order valence-corrected chi connectivity index (χ0v) is 20.8. The number of esters is 1. The van der Waals surface area contributed by atoms with Crippen molar-refractivity contribution < 1.29 is 19.1 Å². The molecule has 4 rings (SSSR count). The average molecular weight is 465 g/mol. The minimum Gasteiger partial charge on any atom is -0.465 e. The second kappa shape index (κ2) is 10.2. The summed E-state index contributed by atoms with van der Waals surface area (Å²) < 4.78 is 10.4. The van der Waals surface area contributed by atoms with Gasteiger partial charge in [0.05, 0.1) is 12.7 Å². The number of hydrogen-bond acceptors (Lipinski definition) is 5. The number of carbonyl (C=O) groups is 2. The lowest BCUT2D eigenvalue weighted by Crippen LogP contribution is -2.41. The molecule has 0 unspecified atom stereocenters. The molecule has 2 heterocycles. The van der Waals surface area contributed by atoms with Gasteiger partial charge in [0, 0.05) is 32.7 Å². The Balaban J connectivity index is 1.29. The fourth-order valence-electron chi connectivity index (χ4n) is 4.87. The van der Waals surface area contributed by atoms with E-state index in [1.165, 1.54) is 29.4 Å². The van der Waals surface area contributed by atoms with Crippen LogP contribution < -0.4 is 0 Å². The molecule has 2 aromatic rings. The molecule has 2 aliphatic rings. The van der Waals surface area contributed by atoms with Crippen LogP contribution in [0.5, 0.6) is 0 Å². The Kier molecular flexibility index (Phi) is 7.27. The fraction of sp³-hybridized carbons (Fsp3) is 0.500. The topological polar surface area (TPSA) is 59.1 Å². The van der Waals surface area contributed by atoms with Crippen LogP contribution >= 0.6 is 0 Å². The molecule has 0 saturated carbocycles. The van der Waals surface area contributed by atoms with Crippen LogP contribution in [0.15, 0.2) is 42.5 Å². The van der Waals surface area contributed by atoms with Crippen molar-refractivity contribution in [3.8, 4) is 0 Å². The highest BCUT2D eigenvalue weighted by Gasteiger charge is 2.27. The van der Waals surface area contributed by atoms with Crippen LogP contribution in [0.1, 0.15) is 72.1 Å². The first kappa shape index (κ1) is 24.3. The Hall–Kier alpha value is -2.86. The molecule has 1 saturated heterocycles. The summed E-state index contributed by atoms with van der Waals surface area (Å²) in [5.74, 6) is 0.208. The van der Waals surface area contributed by atoms with Gasteiger partial charge in [0.1, 0.15) is 5.60 Å². The van der Waals surface area contributed by atoms with E-state index in [9.17, 15) is 9.59 Å². The molecule has 6 heteroatoms. The predicted molar refractivity (Wildman–Crippen MR) is 132 cm³/mol. The van der Waals surface area contributed by atoms with Crippen molar-refractivity contribution >= 4 is 12.1 Å². The van der Waals surface area contributed by atoms with Crippen LogP contribution in [0.4, 0.5) is 4.79 Å². The fourth-order valence-corrected chi connectivity index (χ4v) is 4.87. The smallest absolute Gasteiger partial charge is 0.410 e. The van der Waals surface area contributed by atoms with Gasteiger partial charge in [-0.15, -0.1) is 0 Å². The molecule has 182 valence electrons. The Morgan fingerprint density at radius 2 is 1.68 bits per heavy atom. The van der Waals surface area contributed by atoms with Gasteiger partial charge in [-0.2, -0.15) is 0 Å². The molecule has 0 N–H and O–H groups in total. The first-order chi connectivity index (χ1) is 16.2. The van der Waals surface area contributed by atoms with Crippen LogP contribution in [0.3, 0.4) is 0 Å². The molecule has 0 aliphatic carbocycles. The normalized spacial score (nSPS) is 17.2. The van der Waals surface area contributed by atoms with Gasteiger partial charge in [0.2, 0.25) is 0 Å². The number of likely N-dealkylation sites (tertiary alicyclic amines) is 1. The van der Waals surface area contributed by atoms with E-state index in [-0.39, 0.29) is 12.1 Å². The molecule has 0 bridgehead atoms. The molecule has 1 fully saturated rings. The molecular weight excluding hydrogens is 428 g/mol. The molecule has 34 heavy (non-hydrogen) atoms. The second-order valence-electron chi connectivity index (χ2n) is 10.4. The summed E-state index contributed by atoms with van der Waals surface area (Å²) >= 11 is 0. The quantitative estimate of drug-likeness (QED) is 0.586. The van der Waals surface area contributed by atoms with E-state index in [2.05, 4.69) is 35.2 Å². The molecule has 2 aliphatic heterocycles. The number of methoxy groups -OCH3 is 1. The van der Waals surface area contributed by atoms with Crippen molar-refractivity contribution in [1.82, 2.24) is 9.80 Å². The number of ether oxygens (including phenoxy) is 2. The number of carbonyl (C=O) groups excluding carboxylic acids is 2. The highest BCUT2D eigenvalue weighted by molar-refractivity contribution is 5.89. The van der Waals surface area contributed by atoms with Crippen LogP contribution in [-0.4, -0.2) is 54.2 Å². The molecular formula is C28H36N2O4. The van der Waals surface area contributed by atoms with Gasteiger partial charge in [0.25, 0.3) is 0 Å². The number of piperidine rings is 1. The van der Waals surface area contributed by atoms with Crippen LogP contribution in [-0.2, 0) is 29.0 Å². The van der Waals surface area contributed by atoms with E-state index >= 15 is 0 Å². The van der Waals surface area contributed by atoms with Gasteiger partial charge in [-0.25, -0.2) is 9.59 Å². The van der Waals surface area contributed by atoms with Crippen molar-refractivity contribution in [3.63, 3.8) is 0 Å². The van der Waals surface area contributed by atoms with E-state index in [4.69, 9.17) is 9.47 Å². The zero-order chi connectivity index (χ0) is 24.3. The first-order valence-corrected chi connectivity index (χ1v) is 12.2. The summed E-state index contributed by atoms with van der Waals surface area (Å²) in [5.41, 5.74) is 5.37. The lowest BCUT2D eigenvalue weighted by molar-refractivity contribution is 0.0204. The van der Waals surface area contributed by atoms with Gasteiger partial charge in [0.15, 0.2) is 0 Å². The van der Waals surface area contributed by atoms with Crippen LogP contribution in [0, 0.1) is 0 Å². The molecule has 0 atom stereocenters. The van der Waals surface area contributed by atoms with Crippen LogP contribution in [0.2, 0.25) is 0 Å².